The van der Waals surface area contributed by atoms with Gasteiger partial charge >= 0.3 is 6.09 Å². The van der Waals surface area contributed by atoms with Crippen LogP contribution in [0.2, 0.25) is 0 Å². The first-order chi connectivity index (χ1) is 8.79. The van der Waals surface area contributed by atoms with E-state index in [0.717, 1.165) is 5.56 Å². The molecule has 1 aromatic carbocycles. The molecular formula is C14H13NO3. The molecule has 1 amide bonds. The van der Waals surface area contributed by atoms with Crippen molar-refractivity contribution in [2.45, 2.75) is 13.0 Å². The minimum atomic E-state index is -0.403. The van der Waals surface area contributed by atoms with E-state index in [-0.39, 0.29) is 6.61 Å². The Labute approximate surface area is 105 Å². The lowest BCUT2D eigenvalue weighted by atomic mass is 10.1. The van der Waals surface area contributed by atoms with E-state index in [1.807, 2.05) is 36.3 Å². The summed E-state index contributed by atoms with van der Waals surface area (Å²) in [5.41, 5.74) is 1.52. The molecule has 1 aliphatic rings. The Morgan fingerprint density at radius 2 is 2.11 bits per heavy atom. The van der Waals surface area contributed by atoms with E-state index >= 15 is 0 Å². The van der Waals surface area contributed by atoms with Gasteiger partial charge in [-0.25, -0.2) is 9.59 Å². The Hall–Kier alpha value is -2.32. The summed E-state index contributed by atoms with van der Waals surface area (Å²) in [6.07, 6.45) is 3.25. The molecule has 4 nitrogen and oxygen atoms in total. The first kappa shape index (κ1) is 12.1. The molecule has 92 valence electrons. The monoisotopic (exact) mass is 243 g/mol. The fourth-order valence-electron chi connectivity index (χ4n) is 1.62. The molecule has 0 saturated heterocycles. The zero-order valence-corrected chi connectivity index (χ0v) is 9.83. The number of carbonyl (C=O) groups excluding carboxylic acids is 2. The molecule has 1 heterocycles. The van der Waals surface area contributed by atoms with Gasteiger partial charge in [0.05, 0.1) is 0 Å². The van der Waals surface area contributed by atoms with Crippen LogP contribution in [0, 0.1) is 0 Å². The minimum Gasteiger partial charge on any atom is -0.444 e. The molecule has 2 rings (SSSR count). The average molecular weight is 243 g/mol. The summed E-state index contributed by atoms with van der Waals surface area (Å²) < 4.78 is 5.16. The Morgan fingerprint density at radius 3 is 2.72 bits per heavy atom. The van der Waals surface area contributed by atoms with Crippen LogP contribution < -0.4 is 0 Å². The van der Waals surface area contributed by atoms with Gasteiger partial charge in [-0.05, 0) is 11.6 Å². The quantitative estimate of drug-likeness (QED) is 0.749. The van der Waals surface area contributed by atoms with E-state index in [0.29, 0.717) is 18.5 Å². The number of nitrogens with zero attached hydrogens (tertiary/aromatic N) is 1. The van der Waals surface area contributed by atoms with Crippen molar-refractivity contribution in [1.29, 1.82) is 0 Å². The van der Waals surface area contributed by atoms with Crippen LogP contribution in [-0.2, 0) is 16.1 Å². The number of allylic oxidation sites excluding steroid dienone is 1. The normalized spacial score (nSPS) is 14.2. The highest BCUT2D eigenvalue weighted by Gasteiger charge is 2.16. The lowest BCUT2D eigenvalue weighted by molar-refractivity contribution is 0.110. The largest absolute Gasteiger partial charge is 0.444 e. The third-order valence-electron chi connectivity index (χ3n) is 2.65. The van der Waals surface area contributed by atoms with Gasteiger partial charge in [-0.3, -0.25) is 4.90 Å². The van der Waals surface area contributed by atoms with Crippen LogP contribution in [0.25, 0.3) is 0 Å². The first-order valence-corrected chi connectivity index (χ1v) is 5.69. The van der Waals surface area contributed by atoms with Gasteiger partial charge in [-0.15, -0.1) is 0 Å². The molecule has 1 aromatic rings. The van der Waals surface area contributed by atoms with Crippen LogP contribution in [0.3, 0.4) is 0 Å². The lowest BCUT2D eigenvalue weighted by Gasteiger charge is -2.20. The zero-order valence-electron chi connectivity index (χ0n) is 9.83. The van der Waals surface area contributed by atoms with Crippen molar-refractivity contribution >= 4 is 12.0 Å². The second-order valence-corrected chi connectivity index (χ2v) is 3.93. The highest BCUT2D eigenvalue weighted by atomic mass is 16.6. The number of hydrogen-bond donors (Lipinski definition) is 0. The highest BCUT2D eigenvalue weighted by molar-refractivity contribution is 5.70. The molecule has 0 aromatic heterocycles. The van der Waals surface area contributed by atoms with Crippen LogP contribution in [0.1, 0.15) is 12.0 Å². The van der Waals surface area contributed by atoms with Crippen molar-refractivity contribution in [3.05, 3.63) is 53.7 Å². The van der Waals surface area contributed by atoms with Crippen LogP contribution in [0.5, 0.6) is 0 Å². The number of carbonyl (C=O) groups is 1. The number of benzene rings is 1. The van der Waals surface area contributed by atoms with E-state index in [2.05, 4.69) is 0 Å². The van der Waals surface area contributed by atoms with E-state index in [1.165, 1.54) is 4.90 Å². The molecule has 0 atom stereocenters. The maximum absolute atomic E-state index is 11.7. The third-order valence-corrected chi connectivity index (χ3v) is 2.65. The third kappa shape index (κ3) is 3.09. The molecular weight excluding hydrogens is 230 g/mol. The maximum Gasteiger partial charge on any atom is 0.414 e. The molecule has 0 fully saturated rings. The topological polar surface area (TPSA) is 46.6 Å². The summed E-state index contributed by atoms with van der Waals surface area (Å²) in [7, 11) is 0. The standard InChI is InChI=1S/C14H13NO3/c16-10-12-6-8-15(9-7-12)14(17)18-11-13-4-2-1-3-5-13/h1-6,8H,7,9,11H2. The molecule has 0 spiro atoms. The van der Waals surface area contributed by atoms with Crippen molar-refractivity contribution in [2.24, 2.45) is 0 Å². The van der Waals surface area contributed by atoms with Gasteiger partial charge in [0.25, 0.3) is 0 Å². The van der Waals surface area contributed by atoms with Crippen LogP contribution >= 0.6 is 0 Å². The van der Waals surface area contributed by atoms with E-state index in [4.69, 9.17) is 4.74 Å². The summed E-state index contributed by atoms with van der Waals surface area (Å²) in [6, 6.07) is 9.49. The predicted octanol–water partition coefficient (Wildman–Crippen LogP) is 2.30. The van der Waals surface area contributed by atoms with Gasteiger partial charge in [0.15, 0.2) is 0 Å². The van der Waals surface area contributed by atoms with Crippen molar-refractivity contribution in [1.82, 2.24) is 4.90 Å². The highest BCUT2D eigenvalue weighted by Crippen LogP contribution is 2.12. The van der Waals surface area contributed by atoms with Crippen molar-refractivity contribution in [3.8, 4) is 0 Å². The number of rotatable bonds is 2. The van der Waals surface area contributed by atoms with Crippen LogP contribution in [0.15, 0.2) is 48.2 Å². The molecule has 1 aliphatic heterocycles. The second kappa shape index (κ2) is 5.84. The minimum absolute atomic E-state index is 0.250. The molecule has 0 unspecified atom stereocenters. The van der Waals surface area contributed by atoms with Crippen molar-refractivity contribution < 1.29 is 14.3 Å². The summed E-state index contributed by atoms with van der Waals surface area (Å²) in [4.78, 5) is 23.6. The van der Waals surface area contributed by atoms with Gasteiger partial charge in [-0.1, -0.05) is 30.3 Å². The molecule has 18 heavy (non-hydrogen) atoms. The Bertz CT molecular complexity index is 501. The summed E-state index contributed by atoms with van der Waals surface area (Å²) in [5.74, 6) is 1.82. The zero-order chi connectivity index (χ0) is 12.8. The predicted molar refractivity (Wildman–Crippen MR) is 66.3 cm³/mol. The number of ether oxygens (including phenoxy) is 1. The summed E-state index contributed by atoms with van der Waals surface area (Å²) in [6.45, 7) is 0.703. The molecule has 0 bridgehead atoms. The number of hydrogen-bond acceptors (Lipinski definition) is 3. The Balaban J connectivity index is 1.88. The van der Waals surface area contributed by atoms with E-state index in [1.54, 1.807) is 12.3 Å². The Kier molecular flexibility index (Phi) is 3.94. The van der Waals surface area contributed by atoms with E-state index < -0.39 is 6.09 Å². The molecule has 0 saturated carbocycles. The van der Waals surface area contributed by atoms with E-state index in [9.17, 15) is 9.59 Å². The van der Waals surface area contributed by atoms with Crippen LogP contribution in [0.4, 0.5) is 4.79 Å². The van der Waals surface area contributed by atoms with Crippen molar-refractivity contribution in [3.63, 3.8) is 0 Å². The van der Waals surface area contributed by atoms with Crippen LogP contribution in [-0.4, -0.2) is 23.5 Å². The average Bonchev–Trinajstić information content (AvgIpc) is 2.46. The van der Waals surface area contributed by atoms with Gasteiger partial charge in [0.1, 0.15) is 12.5 Å². The fraction of sp³-hybridized carbons (Fsp3) is 0.214. The second-order valence-electron chi connectivity index (χ2n) is 3.93. The fourth-order valence-corrected chi connectivity index (χ4v) is 1.62. The van der Waals surface area contributed by atoms with Crippen molar-refractivity contribution in [2.75, 3.05) is 6.54 Å². The molecule has 0 N–H and O–H groups in total. The first-order valence-electron chi connectivity index (χ1n) is 5.69. The smallest absolute Gasteiger partial charge is 0.414 e. The molecule has 0 aliphatic carbocycles. The van der Waals surface area contributed by atoms with Gasteiger partial charge < -0.3 is 4.74 Å². The maximum atomic E-state index is 11.7. The SMILES string of the molecule is O=C=C1C=CN(C(=O)OCc2ccccc2)CC1. The summed E-state index contributed by atoms with van der Waals surface area (Å²) >= 11 is 0. The Morgan fingerprint density at radius 1 is 1.33 bits per heavy atom. The lowest BCUT2D eigenvalue weighted by Crippen LogP contribution is -2.29. The summed E-state index contributed by atoms with van der Waals surface area (Å²) in [5, 5.41) is 0. The number of amides is 1. The van der Waals surface area contributed by atoms with Gasteiger partial charge in [-0.2, -0.15) is 0 Å². The van der Waals surface area contributed by atoms with Gasteiger partial charge in [0, 0.05) is 24.7 Å². The molecule has 0 radical (unpaired) electrons. The molecule has 4 heteroatoms. The van der Waals surface area contributed by atoms with Gasteiger partial charge in [0.2, 0.25) is 0 Å².